The van der Waals surface area contributed by atoms with Crippen LogP contribution in [0.5, 0.6) is 0 Å². The number of piperazine rings is 1. The minimum atomic E-state index is 0.168. The second-order valence-electron chi connectivity index (χ2n) is 6.89. The van der Waals surface area contributed by atoms with E-state index in [0.717, 1.165) is 41.7 Å². The number of imidazole rings is 1. The topological polar surface area (TPSA) is 93.2 Å². The van der Waals surface area contributed by atoms with Crippen LogP contribution in [-0.2, 0) is 11.2 Å². The summed E-state index contributed by atoms with van der Waals surface area (Å²) in [5.41, 5.74) is 1.91. The van der Waals surface area contributed by atoms with Gasteiger partial charge in [0.2, 0.25) is 5.91 Å². The number of carbonyl (C=O) groups excluding carboxylic acids is 1. The van der Waals surface area contributed by atoms with Crippen molar-refractivity contribution in [3.63, 3.8) is 0 Å². The van der Waals surface area contributed by atoms with E-state index in [2.05, 4.69) is 25.2 Å². The van der Waals surface area contributed by atoms with Crippen molar-refractivity contribution in [2.75, 3.05) is 31.1 Å². The van der Waals surface area contributed by atoms with Gasteiger partial charge in [-0.3, -0.25) is 9.36 Å². The number of aromatic nitrogens is 5. The number of nitrogens with zero attached hydrogens (tertiary/aromatic N) is 7. The molecule has 0 spiro atoms. The number of aryl methyl sites for hydroxylation is 2. The quantitative estimate of drug-likeness (QED) is 0.662. The Bertz CT molecular complexity index is 906. The van der Waals surface area contributed by atoms with Crippen LogP contribution in [0, 0.1) is 13.8 Å². The van der Waals surface area contributed by atoms with Gasteiger partial charge >= 0.3 is 0 Å². The molecule has 1 aliphatic rings. The first-order chi connectivity index (χ1) is 13.6. The number of amides is 1. The standard InChI is InChI=1S/C19H23N7O2/c1-14-16(15(2)28-23-14)3-6-19(27)25-11-9-24(10-12-25)17-4-5-18(22-21-17)26-8-7-20-13-26/h4-5,7-8,13H,3,6,9-12H2,1-2H3. The summed E-state index contributed by atoms with van der Waals surface area (Å²) in [6.45, 7) is 6.66. The Balaban J connectivity index is 1.30. The highest BCUT2D eigenvalue weighted by Gasteiger charge is 2.22. The van der Waals surface area contributed by atoms with Crippen LogP contribution in [-0.4, -0.2) is 61.9 Å². The molecule has 4 rings (SSSR count). The zero-order chi connectivity index (χ0) is 19.5. The van der Waals surface area contributed by atoms with Gasteiger partial charge in [0.25, 0.3) is 0 Å². The van der Waals surface area contributed by atoms with Gasteiger partial charge in [-0.2, -0.15) is 0 Å². The molecule has 1 saturated heterocycles. The fourth-order valence-electron chi connectivity index (χ4n) is 3.45. The van der Waals surface area contributed by atoms with Crippen LogP contribution in [0.4, 0.5) is 5.82 Å². The molecule has 1 amide bonds. The van der Waals surface area contributed by atoms with Gasteiger partial charge in [0.05, 0.1) is 5.69 Å². The number of hydrogen-bond donors (Lipinski definition) is 0. The highest BCUT2D eigenvalue weighted by Crippen LogP contribution is 2.17. The summed E-state index contributed by atoms with van der Waals surface area (Å²) < 4.78 is 6.98. The van der Waals surface area contributed by atoms with E-state index in [1.165, 1.54) is 0 Å². The summed E-state index contributed by atoms with van der Waals surface area (Å²) in [6, 6.07) is 3.88. The van der Waals surface area contributed by atoms with Crippen LogP contribution in [0.3, 0.4) is 0 Å². The Labute approximate surface area is 163 Å². The maximum Gasteiger partial charge on any atom is 0.223 e. The molecule has 9 nitrogen and oxygen atoms in total. The first kappa shape index (κ1) is 18.1. The highest BCUT2D eigenvalue weighted by atomic mass is 16.5. The van der Waals surface area contributed by atoms with Crippen LogP contribution in [0.25, 0.3) is 5.82 Å². The molecular weight excluding hydrogens is 358 g/mol. The summed E-state index contributed by atoms with van der Waals surface area (Å²) in [5.74, 6) is 2.52. The number of rotatable bonds is 5. The Morgan fingerprint density at radius 2 is 1.86 bits per heavy atom. The van der Waals surface area contributed by atoms with Gasteiger partial charge in [0.15, 0.2) is 11.6 Å². The molecule has 0 N–H and O–H groups in total. The normalized spacial score (nSPS) is 14.5. The summed E-state index contributed by atoms with van der Waals surface area (Å²) in [7, 11) is 0. The Morgan fingerprint density at radius 3 is 2.46 bits per heavy atom. The van der Waals surface area contributed by atoms with E-state index < -0.39 is 0 Å². The van der Waals surface area contributed by atoms with Crippen LogP contribution >= 0.6 is 0 Å². The minimum Gasteiger partial charge on any atom is -0.361 e. The highest BCUT2D eigenvalue weighted by molar-refractivity contribution is 5.76. The van der Waals surface area contributed by atoms with Gasteiger partial charge in [-0.25, -0.2) is 4.98 Å². The first-order valence-electron chi connectivity index (χ1n) is 9.38. The minimum absolute atomic E-state index is 0.168. The molecule has 1 aliphatic heterocycles. The lowest BCUT2D eigenvalue weighted by Crippen LogP contribution is -2.49. The van der Waals surface area contributed by atoms with E-state index in [9.17, 15) is 4.79 Å². The molecule has 0 aliphatic carbocycles. The van der Waals surface area contributed by atoms with Gasteiger partial charge in [-0.15, -0.1) is 10.2 Å². The lowest BCUT2D eigenvalue weighted by molar-refractivity contribution is -0.131. The van der Waals surface area contributed by atoms with Crippen molar-refractivity contribution in [2.45, 2.75) is 26.7 Å². The van der Waals surface area contributed by atoms with E-state index in [1.807, 2.05) is 41.6 Å². The monoisotopic (exact) mass is 381 g/mol. The lowest BCUT2D eigenvalue weighted by Gasteiger charge is -2.35. The third-order valence-electron chi connectivity index (χ3n) is 5.13. The van der Waals surface area contributed by atoms with E-state index >= 15 is 0 Å². The van der Waals surface area contributed by atoms with Crippen LogP contribution in [0.2, 0.25) is 0 Å². The number of hydrogen-bond acceptors (Lipinski definition) is 7. The van der Waals surface area contributed by atoms with Crippen molar-refractivity contribution in [1.29, 1.82) is 0 Å². The molecule has 9 heteroatoms. The molecule has 4 heterocycles. The van der Waals surface area contributed by atoms with Crippen molar-refractivity contribution in [1.82, 2.24) is 29.8 Å². The molecule has 0 atom stereocenters. The molecule has 1 fully saturated rings. The van der Waals surface area contributed by atoms with Gasteiger partial charge in [-0.1, -0.05) is 5.16 Å². The molecule has 0 radical (unpaired) electrons. The van der Waals surface area contributed by atoms with Gasteiger partial charge in [-0.05, 0) is 32.4 Å². The van der Waals surface area contributed by atoms with Gasteiger partial charge in [0, 0.05) is 50.6 Å². The number of anilines is 1. The average Bonchev–Trinajstić information content (AvgIpc) is 3.37. The maximum absolute atomic E-state index is 12.6. The average molecular weight is 381 g/mol. The van der Waals surface area contributed by atoms with Crippen molar-refractivity contribution in [2.24, 2.45) is 0 Å². The molecule has 3 aromatic rings. The Morgan fingerprint density at radius 1 is 1.11 bits per heavy atom. The second-order valence-corrected chi connectivity index (χ2v) is 6.89. The second kappa shape index (κ2) is 7.79. The van der Waals surface area contributed by atoms with Crippen molar-refractivity contribution in [3.8, 4) is 5.82 Å². The van der Waals surface area contributed by atoms with E-state index in [-0.39, 0.29) is 5.91 Å². The lowest BCUT2D eigenvalue weighted by atomic mass is 10.1. The predicted octanol–water partition coefficient (Wildman–Crippen LogP) is 1.55. The molecule has 0 saturated carbocycles. The number of carbonyl (C=O) groups is 1. The SMILES string of the molecule is Cc1noc(C)c1CCC(=O)N1CCN(c2ccc(-n3ccnc3)nn2)CC1. The van der Waals surface area contributed by atoms with Crippen LogP contribution < -0.4 is 4.90 Å². The van der Waals surface area contributed by atoms with Crippen LogP contribution in [0.1, 0.15) is 23.4 Å². The molecule has 3 aromatic heterocycles. The zero-order valence-corrected chi connectivity index (χ0v) is 16.1. The third kappa shape index (κ3) is 3.73. The Kier molecular flexibility index (Phi) is 5.05. The molecule has 146 valence electrons. The van der Waals surface area contributed by atoms with Crippen molar-refractivity contribution >= 4 is 11.7 Å². The molecule has 0 unspecified atom stereocenters. The molecule has 0 bridgehead atoms. The smallest absolute Gasteiger partial charge is 0.223 e. The summed E-state index contributed by atoms with van der Waals surface area (Å²) in [6.07, 6.45) is 6.37. The van der Waals surface area contributed by atoms with Gasteiger partial charge in [0.1, 0.15) is 12.1 Å². The summed E-state index contributed by atoms with van der Waals surface area (Å²) in [4.78, 5) is 20.6. The van der Waals surface area contributed by atoms with Gasteiger partial charge < -0.3 is 14.3 Å². The largest absolute Gasteiger partial charge is 0.361 e. The Hall–Kier alpha value is -3.23. The third-order valence-corrected chi connectivity index (χ3v) is 5.13. The zero-order valence-electron chi connectivity index (χ0n) is 16.1. The van der Waals surface area contributed by atoms with E-state index in [0.29, 0.717) is 25.9 Å². The van der Waals surface area contributed by atoms with E-state index in [4.69, 9.17) is 4.52 Å². The van der Waals surface area contributed by atoms with E-state index in [1.54, 1.807) is 12.5 Å². The fourth-order valence-corrected chi connectivity index (χ4v) is 3.45. The molecule has 28 heavy (non-hydrogen) atoms. The summed E-state index contributed by atoms with van der Waals surface area (Å²) >= 11 is 0. The molecular formula is C19H23N7O2. The van der Waals surface area contributed by atoms with Crippen LogP contribution in [0.15, 0.2) is 35.4 Å². The van der Waals surface area contributed by atoms with Crippen molar-refractivity contribution < 1.29 is 9.32 Å². The molecule has 0 aromatic carbocycles. The first-order valence-corrected chi connectivity index (χ1v) is 9.38. The predicted molar refractivity (Wildman–Crippen MR) is 102 cm³/mol. The summed E-state index contributed by atoms with van der Waals surface area (Å²) in [5, 5.41) is 12.5. The maximum atomic E-state index is 12.6. The fraction of sp³-hybridized carbons (Fsp3) is 0.421. The van der Waals surface area contributed by atoms with Crippen molar-refractivity contribution in [3.05, 3.63) is 47.9 Å².